The number of benzene rings is 1. The Hall–Kier alpha value is -1.29. The zero-order valence-electron chi connectivity index (χ0n) is 6.42. The third kappa shape index (κ3) is 1.00. The van der Waals surface area contributed by atoms with E-state index in [1.165, 1.54) is 17.4 Å². The van der Waals surface area contributed by atoms with Gasteiger partial charge in [0, 0.05) is 6.07 Å². The van der Waals surface area contributed by atoms with Crippen LogP contribution in [0, 0.1) is 12.3 Å². The molecule has 2 aromatic rings. The van der Waals surface area contributed by atoms with Gasteiger partial charge in [-0.15, -0.1) is 0 Å². The summed E-state index contributed by atoms with van der Waals surface area (Å²) in [6, 6.07) is 3.19. The minimum absolute atomic E-state index is 0.165. The van der Waals surface area contributed by atoms with Crippen molar-refractivity contribution in [2.45, 2.75) is 6.92 Å². The summed E-state index contributed by atoms with van der Waals surface area (Å²) in [6.07, 6.45) is 0. The quantitative estimate of drug-likeness (QED) is 0.653. The maximum Gasteiger partial charge on any atom is 0.271 e. The molecular weight excluding hydrogens is 174 g/mol. The van der Waals surface area contributed by atoms with E-state index < -0.39 is 0 Å². The van der Waals surface area contributed by atoms with Gasteiger partial charge in [0.2, 0.25) is 0 Å². The van der Waals surface area contributed by atoms with E-state index in [0.717, 1.165) is 10.3 Å². The normalized spacial score (nSPS) is 10.8. The van der Waals surface area contributed by atoms with Crippen LogP contribution in [0.25, 0.3) is 10.3 Å². The van der Waals surface area contributed by atoms with Crippen molar-refractivity contribution in [1.82, 2.24) is 0 Å². The second-order valence-electron chi connectivity index (χ2n) is 2.58. The van der Waals surface area contributed by atoms with Crippen LogP contribution in [0.2, 0.25) is 0 Å². The Morgan fingerprint density at radius 3 is 3.00 bits per heavy atom. The third-order valence-electron chi connectivity index (χ3n) is 1.62. The predicted molar refractivity (Wildman–Crippen MR) is 46.3 cm³/mol. The van der Waals surface area contributed by atoms with Crippen LogP contribution >= 0.6 is 11.3 Å². The molecule has 4 heteroatoms. The molecule has 2 rings (SSSR count). The zero-order valence-corrected chi connectivity index (χ0v) is 7.23. The molecule has 0 aliphatic rings. The maximum atomic E-state index is 9.20. The highest BCUT2D eigenvalue weighted by atomic mass is 32.1. The third-order valence-corrected chi connectivity index (χ3v) is 2.62. The number of aromatic hydroxyl groups is 1. The lowest BCUT2D eigenvalue weighted by Gasteiger charge is -1.94. The lowest BCUT2D eigenvalue weighted by atomic mass is 10.2. The highest BCUT2D eigenvalue weighted by Gasteiger charge is 2.04. The first kappa shape index (κ1) is 7.36. The molecule has 0 spiro atoms. The molecule has 0 aliphatic carbocycles. The van der Waals surface area contributed by atoms with Gasteiger partial charge in [-0.3, -0.25) is 5.41 Å². The molecule has 0 radical (unpaired) electrons. The van der Waals surface area contributed by atoms with E-state index in [-0.39, 0.29) is 10.6 Å². The fourth-order valence-corrected chi connectivity index (χ4v) is 1.88. The highest BCUT2D eigenvalue weighted by molar-refractivity contribution is 7.16. The Balaban J connectivity index is 2.97. The Morgan fingerprint density at radius 2 is 2.25 bits per heavy atom. The van der Waals surface area contributed by atoms with E-state index >= 15 is 0 Å². The van der Waals surface area contributed by atoms with Crippen LogP contribution in [0.1, 0.15) is 5.56 Å². The smallest absolute Gasteiger partial charge is 0.271 e. The molecule has 62 valence electrons. The summed E-state index contributed by atoms with van der Waals surface area (Å²) in [5.41, 5.74) is 1.53. The van der Waals surface area contributed by atoms with Crippen LogP contribution in [0.3, 0.4) is 0 Å². The Kier molecular flexibility index (Phi) is 1.44. The second kappa shape index (κ2) is 2.35. The van der Waals surface area contributed by atoms with Crippen LogP contribution in [0.5, 0.6) is 5.75 Å². The number of fused-ring (bicyclic) bond motifs is 1. The first-order chi connectivity index (χ1) is 5.66. The maximum absolute atomic E-state index is 9.20. The van der Waals surface area contributed by atoms with Crippen molar-refractivity contribution in [3.05, 3.63) is 22.6 Å². The molecule has 0 saturated carbocycles. The van der Waals surface area contributed by atoms with Crippen molar-refractivity contribution in [2.75, 3.05) is 0 Å². The molecule has 0 atom stereocenters. The van der Waals surface area contributed by atoms with Gasteiger partial charge in [0.15, 0.2) is 5.58 Å². The number of hydrogen-bond donors (Lipinski definition) is 2. The van der Waals surface area contributed by atoms with Crippen LogP contribution in [-0.4, -0.2) is 5.11 Å². The molecule has 12 heavy (non-hydrogen) atoms. The summed E-state index contributed by atoms with van der Waals surface area (Å²) >= 11 is 1.28. The van der Waals surface area contributed by atoms with Crippen molar-refractivity contribution in [1.29, 1.82) is 5.41 Å². The second-order valence-corrected chi connectivity index (χ2v) is 3.56. The average Bonchev–Trinajstić information content (AvgIpc) is 2.29. The number of phenols is 1. The summed E-state index contributed by atoms with van der Waals surface area (Å²) in [7, 11) is 0. The average molecular weight is 181 g/mol. The summed E-state index contributed by atoms with van der Waals surface area (Å²) < 4.78 is 5.98. The van der Waals surface area contributed by atoms with E-state index in [4.69, 9.17) is 9.83 Å². The van der Waals surface area contributed by atoms with Crippen molar-refractivity contribution in [3.8, 4) is 5.75 Å². The van der Waals surface area contributed by atoms with Gasteiger partial charge in [0.1, 0.15) is 5.75 Å². The number of nitrogens with one attached hydrogen (secondary N) is 1. The number of aryl methyl sites for hydroxylation is 1. The van der Waals surface area contributed by atoms with Gasteiger partial charge in [-0.2, -0.15) is 0 Å². The molecule has 0 bridgehead atoms. The van der Waals surface area contributed by atoms with Crippen LogP contribution in [0.15, 0.2) is 16.5 Å². The number of hydrogen-bond acceptors (Lipinski definition) is 4. The van der Waals surface area contributed by atoms with Crippen LogP contribution < -0.4 is 4.87 Å². The Bertz CT molecular complexity index is 483. The Labute approximate surface area is 72.4 Å². The lowest BCUT2D eigenvalue weighted by Crippen LogP contribution is -1.79. The Morgan fingerprint density at radius 1 is 1.50 bits per heavy atom. The molecule has 0 fully saturated rings. The number of rotatable bonds is 0. The standard InChI is InChI=1S/C8H7NO2S/c1-4-2-5(10)3-6-7(4)12-8(9)11-6/h2-3,9-10H,1H3. The fraction of sp³-hybridized carbons (Fsp3) is 0.125. The van der Waals surface area contributed by atoms with Crippen molar-refractivity contribution in [2.24, 2.45) is 0 Å². The minimum atomic E-state index is 0.165. The van der Waals surface area contributed by atoms with E-state index in [1.807, 2.05) is 6.92 Å². The molecule has 2 N–H and O–H groups in total. The monoisotopic (exact) mass is 181 g/mol. The molecule has 0 unspecified atom stereocenters. The van der Waals surface area contributed by atoms with Crippen LogP contribution in [0.4, 0.5) is 0 Å². The zero-order chi connectivity index (χ0) is 8.72. The molecule has 1 aromatic heterocycles. The van der Waals surface area contributed by atoms with Gasteiger partial charge in [0.25, 0.3) is 4.87 Å². The van der Waals surface area contributed by atoms with Crippen molar-refractivity contribution >= 4 is 21.6 Å². The van der Waals surface area contributed by atoms with E-state index in [0.29, 0.717) is 5.58 Å². The van der Waals surface area contributed by atoms with Gasteiger partial charge < -0.3 is 9.52 Å². The van der Waals surface area contributed by atoms with Gasteiger partial charge >= 0.3 is 0 Å². The first-order valence-corrected chi connectivity index (χ1v) is 4.26. The van der Waals surface area contributed by atoms with Crippen LogP contribution in [-0.2, 0) is 0 Å². The molecule has 0 saturated heterocycles. The summed E-state index contributed by atoms with van der Waals surface area (Å²) in [5.74, 6) is 0.182. The predicted octanol–water partition coefficient (Wildman–Crippen LogP) is 1.99. The van der Waals surface area contributed by atoms with Gasteiger partial charge in [-0.25, -0.2) is 0 Å². The van der Waals surface area contributed by atoms with Gasteiger partial charge in [-0.1, -0.05) is 11.3 Å². The molecule has 1 aromatic carbocycles. The summed E-state index contributed by atoms with van der Waals surface area (Å²) in [4.78, 5) is 0.165. The van der Waals surface area contributed by atoms with Gasteiger partial charge in [0.05, 0.1) is 4.70 Å². The number of phenolic OH excluding ortho intramolecular Hbond substituents is 1. The molecule has 0 amide bonds. The SMILES string of the molecule is Cc1cc(O)cc2oc(=N)sc12. The lowest BCUT2D eigenvalue weighted by molar-refractivity contribution is 0.473. The topological polar surface area (TPSA) is 57.2 Å². The molecule has 1 heterocycles. The van der Waals surface area contributed by atoms with Crippen molar-refractivity contribution < 1.29 is 9.52 Å². The largest absolute Gasteiger partial charge is 0.508 e. The van der Waals surface area contributed by atoms with Crippen molar-refractivity contribution in [3.63, 3.8) is 0 Å². The minimum Gasteiger partial charge on any atom is -0.508 e. The molecule has 0 aliphatic heterocycles. The summed E-state index contributed by atoms with van der Waals surface area (Å²) in [6.45, 7) is 1.88. The molecule has 3 nitrogen and oxygen atoms in total. The summed E-state index contributed by atoms with van der Waals surface area (Å²) in [5, 5.41) is 16.5. The van der Waals surface area contributed by atoms with E-state index in [9.17, 15) is 5.11 Å². The first-order valence-electron chi connectivity index (χ1n) is 3.44. The van der Waals surface area contributed by atoms with E-state index in [2.05, 4.69) is 0 Å². The van der Waals surface area contributed by atoms with Gasteiger partial charge in [-0.05, 0) is 18.6 Å². The highest BCUT2D eigenvalue weighted by Crippen LogP contribution is 2.25. The van der Waals surface area contributed by atoms with E-state index in [1.54, 1.807) is 6.07 Å². The molecular formula is C8H7NO2S. The fourth-order valence-electron chi connectivity index (χ4n) is 1.14.